The molecule has 0 aromatic heterocycles. The first-order valence-electron chi connectivity index (χ1n) is 17.0. The zero-order valence-electron chi connectivity index (χ0n) is 26.2. The van der Waals surface area contributed by atoms with Crippen molar-refractivity contribution < 1.29 is 13.6 Å². The fourth-order valence-electron chi connectivity index (χ4n) is 4.52. The fraction of sp³-hybridized carbons (Fsp3) is 1.00. The zero-order valence-corrected chi connectivity index (χ0v) is 27.1. The molecule has 0 aromatic rings. The molecule has 0 heterocycles. The number of hydrogen-bond donors (Lipinski definition) is 0. The van der Waals surface area contributed by atoms with E-state index >= 15 is 0 Å². The molecule has 0 atom stereocenters. The van der Waals surface area contributed by atoms with E-state index in [0.29, 0.717) is 13.2 Å². The van der Waals surface area contributed by atoms with Crippen LogP contribution >= 0.6 is 8.25 Å². The SMILES string of the molecule is CCCCCCCCCCC.CCCCCCCCCCCO[P+](=O)OCCCCCCCCCCC. The molecule has 0 aliphatic heterocycles. The van der Waals surface area contributed by atoms with Crippen molar-refractivity contribution >= 4 is 8.25 Å². The Morgan fingerprint density at radius 3 is 0.730 bits per heavy atom. The summed E-state index contributed by atoms with van der Waals surface area (Å²) in [4.78, 5) is 0. The van der Waals surface area contributed by atoms with Crippen molar-refractivity contribution in [3.05, 3.63) is 0 Å². The van der Waals surface area contributed by atoms with Crippen molar-refractivity contribution in [1.29, 1.82) is 0 Å². The standard InChI is InChI=1S/C22H46O3P.C11H24/c1-3-5-7-9-11-13-15-17-19-21-24-26(23)25-22-20-18-16-14-12-10-8-6-4-2;1-3-5-7-9-11-10-8-6-4-2/h3-22H2,1-2H3;3-11H2,1-2H3/q+1;. The van der Waals surface area contributed by atoms with Gasteiger partial charge in [0.15, 0.2) is 0 Å². The number of unbranched alkanes of at least 4 members (excludes halogenated alkanes) is 24. The topological polar surface area (TPSA) is 35.5 Å². The Hall–Kier alpha value is 0.0200. The largest absolute Gasteiger partial charge is 0.697 e. The van der Waals surface area contributed by atoms with E-state index in [2.05, 4.69) is 27.7 Å². The van der Waals surface area contributed by atoms with E-state index in [1.165, 1.54) is 161 Å². The molecule has 0 aromatic carbocycles. The Morgan fingerprint density at radius 2 is 0.514 bits per heavy atom. The number of rotatable bonds is 30. The highest BCUT2D eigenvalue weighted by Crippen LogP contribution is 2.25. The summed E-state index contributed by atoms with van der Waals surface area (Å²) in [6.45, 7) is 10.2. The highest BCUT2D eigenvalue weighted by atomic mass is 31.1. The molecule has 4 heteroatoms. The first-order valence-corrected chi connectivity index (χ1v) is 18.0. The van der Waals surface area contributed by atoms with Crippen LogP contribution < -0.4 is 0 Å². The molecule has 0 radical (unpaired) electrons. The molecule has 0 amide bonds. The van der Waals surface area contributed by atoms with Gasteiger partial charge in [0.25, 0.3) is 0 Å². The van der Waals surface area contributed by atoms with Crippen molar-refractivity contribution in [2.45, 2.75) is 201 Å². The van der Waals surface area contributed by atoms with Gasteiger partial charge in [-0.2, -0.15) is 0 Å². The first-order chi connectivity index (χ1) is 18.2. The molecule has 0 aliphatic rings. The Bertz CT molecular complexity index is 369. The van der Waals surface area contributed by atoms with E-state index in [4.69, 9.17) is 9.05 Å². The summed E-state index contributed by atoms with van der Waals surface area (Å²) in [5, 5.41) is 0. The predicted molar refractivity (Wildman–Crippen MR) is 167 cm³/mol. The van der Waals surface area contributed by atoms with Crippen LogP contribution in [-0.4, -0.2) is 13.2 Å². The second-order valence-corrected chi connectivity index (χ2v) is 12.0. The maximum absolute atomic E-state index is 11.6. The molecule has 0 bridgehead atoms. The molecule has 0 aliphatic carbocycles. The van der Waals surface area contributed by atoms with Crippen molar-refractivity contribution in [2.75, 3.05) is 13.2 Å². The fourth-order valence-corrected chi connectivity index (χ4v) is 5.16. The third-order valence-electron chi connectivity index (χ3n) is 7.10. The first kappa shape index (κ1) is 39.2. The Labute approximate surface area is 236 Å². The molecule has 0 rings (SSSR count). The lowest BCUT2D eigenvalue weighted by Gasteiger charge is -2.00. The Morgan fingerprint density at radius 1 is 0.324 bits per heavy atom. The maximum atomic E-state index is 11.6. The molecular formula is C33H70O3P+. The average molecular weight is 546 g/mol. The summed E-state index contributed by atoms with van der Waals surface area (Å²) in [6, 6.07) is 0. The lowest BCUT2D eigenvalue weighted by Crippen LogP contribution is -1.92. The normalized spacial score (nSPS) is 10.9. The molecule has 37 heavy (non-hydrogen) atoms. The minimum absolute atomic E-state index is 0.572. The smallest absolute Gasteiger partial charge is 0.119 e. The van der Waals surface area contributed by atoms with Gasteiger partial charge in [0.2, 0.25) is 0 Å². The van der Waals surface area contributed by atoms with Gasteiger partial charge in [-0.3, -0.25) is 0 Å². The monoisotopic (exact) mass is 546 g/mol. The summed E-state index contributed by atoms with van der Waals surface area (Å²) in [5.41, 5.74) is 0. The second kappa shape index (κ2) is 38.2. The Kier molecular flexibility index (Phi) is 40.4. The van der Waals surface area contributed by atoms with Crippen LogP contribution in [0.1, 0.15) is 201 Å². The van der Waals surface area contributed by atoms with E-state index in [1.807, 2.05) is 0 Å². The summed E-state index contributed by atoms with van der Waals surface area (Å²) < 4.78 is 22.2. The molecule has 0 unspecified atom stereocenters. The summed E-state index contributed by atoms with van der Waals surface area (Å²) >= 11 is 0. The van der Waals surface area contributed by atoms with Gasteiger partial charge in [0, 0.05) is 4.57 Å². The van der Waals surface area contributed by atoms with Gasteiger partial charge in [-0.15, -0.1) is 9.05 Å². The molecule has 224 valence electrons. The van der Waals surface area contributed by atoms with Crippen LogP contribution in [0.25, 0.3) is 0 Å². The van der Waals surface area contributed by atoms with Crippen molar-refractivity contribution in [3.8, 4) is 0 Å². The van der Waals surface area contributed by atoms with E-state index in [9.17, 15) is 4.57 Å². The molecule has 0 spiro atoms. The van der Waals surface area contributed by atoms with Crippen LogP contribution in [0.4, 0.5) is 0 Å². The Balaban J connectivity index is 0. The minimum Gasteiger partial charge on any atom is -0.119 e. The maximum Gasteiger partial charge on any atom is 0.697 e. The van der Waals surface area contributed by atoms with E-state index in [1.54, 1.807) is 0 Å². The van der Waals surface area contributed by atoms with Gasteiger partial charge in [0.05, 0.1) is 0 Å². The minimum atomic E-state index is -1.90. The van der Waals surface area contributed by atoms with Crippen molar-refractivity contribution in [3.63, 3.8) is 0 Å². The van der Waals surface area contributed by atoms with Crippen LogP contribution in [0.15, 0.2) is 0 Å². The summed E-state index contributed by atoms with van der Waals surface area (Å²) in [6.07, 6.45) is 36.1. The third-order valence-corrected chi connectivity index (χ3v) is 7.88. The lowest BCUT2D eigenvalue weighted by molar-refractivity contribution is 0.218. The molecule has 0 saturated heterocycles. The van der Waals surface area contributed by atoms with E-state index < -0.39 is 8.25 Å². The highest BCUT2D eigenvalue weighted by molar-refractivity contribution is 7.33. The summed E-state index contributed by atoms with van der Waals surface area (Å²) in [5.74, 6) is 0. The third kappa shape index (κ3) is 40.7. The molecule has 0 fully saturated rings. The van der Waals surface area contributed by atoms with E-state index in [0.717, 1.165) is 12.8 Å². The lowest BCUT2D eigenvalue weighted by atomic mass is 10.1. The molecule has 0 N–H and O–H groups in total. The highest BCUT2D eigenvalue weighted by Gasteiger charge is 2.18. The number of hydrogen-bond acceptors (Lipinski definition) is 3. The van der Waals surface area contributed by atoms with Crippen LogP contribution in [0, 0.1) is 0 Å². The van der Waals surface area contributed by atoms with Crippen LogP contribution in [0.3, 0.4) is 0 Å². The molecular weight excluding hydrogens is 475 g/mol. The van der Waals surface area contributed by atoms with Gasteiger partial charge in [0.1, 0.15) is 13.2 Å². The van der Waals surface area contributed by atoms with Crippen molar-refractivity contribution in [1.82, 2.24) is 0 Å². The van der Waals surface area contributed by atoms with Gasteiger partial charge in [-0.05, 0) is 12.8 Å². The average Bonchev–Trinajstić information content (AvgIpc) is 2.90. The van der Waals surface area contributed by atoms with Gasteiger partial charge in [-0.25, -0.2) is 0 Å². The van der Waals surface area contributed by atoms with Gasteiger partial charge in [-0.1, -0.05) is 188 Å². The molecule has 3 nitrogen and oxygen atoms in total. The quantitative estimate of drug-likeness (QED) is 0.0665. The predicted octanol–water partition coefficient (Wildman–Crippen LogP) is 13.3. The van der Waals surface area contributed by atoms with Gasteiger partial charge < -0.3 is 0 Å². The molecule has 0 saturated carbocycles. The zero-order chi connectivity index (χ0) is 27.5. The van der Waals surface area contributed by atoms with Crippen LogP contribution in [0.2, 0.25) is 0 Å². The van der Waals surface area contributed by atoms with Gasteiger partial charge >= 0.3 is 8.25 Å². The van der Waals surface area contributed by atoms with Crippen molar-refractivity contribution in [2.24, 2.45) is 0 Å². The van der Waals surface area contributed by atoms with E-state index in [-0.39, 0.29) is 0 Å². The second-order valence-electron chi connectivity index (χ2n) is 11.0. The summed E-state index contributed by atoms with van der Waals surface area (Å²) in [7, 11) is -1.90. The van der Waals surface area contributed by atoms with Crippen LogP contribution in [0.5, 0.6) is 0 Å². The van der Waals surface area contributed by atoms with Crippen LogP contribution in [-0.2, 0) is 13.6 Å².